The van der Waals surface area contributed by atoms with E-state index in [2.05, 4.69) is 11.2 Å². The quantitative estimate of drug-likeness (QED) is 0.676. The van der Waals surface area contributed by atoms with Gasteiger partial charge in [-0.3, -0.25) is 4.79 Å². The van der Waals surface area contributed by atoms with E-state index in [-0.39, 0.29) is 11.1 Å². The van der Waals surface area contributed by atoms with Gasteiger partial charge in [-0.2, -0.15) is 10.4 Å². The van der Waals surface area contributed by atoms with Crippen LogP contribution in [0.25, 0.3) is 10.8 Å². The third kappa shape index (κ3) is 2.72. The predicted molar refractivity (Wildman–Crippen MR) is 96.4 cm³/mol. The number of aromatic nitrogens is 1. The van der Waals surface area contributed by atoms with Gasteiger partial charge in [0.25, 0.3) is 5.56 Å². The van der Waals surface area contributed by atoms with Gasteiger partial charge < -0.3 is 0 Å². The van der Waals surface area contributed by atoms with Crippen molar-refractivity contribution < 1.29 is 0 Å². The molecule has 24 heavy (non-hydrogen) atoms. The highest BCUT2D eigenvalue weighted by Gasteiger charge is 2.10. The summed E-state index contributed by atoms with van der Waals surface area (Å²) in [7, 11) is 0. The standard InChI is InChI=1S/C20H17N3O/c1-13-10-14(2)23(20(24)19(13)12-21)22-15(3)17-9-8-16-6-4-5-7-18(16)11-17/h4-11H,1-3H3/b22-15+. The van der Waals surface area contributed by atoms with Crippen LogP contribution in [0.1, 0.15) is 29.3 Å². The molecule has 0 aliphatic rings. The zero-order chi connectivity index (χ0) is 17.3. The van der Waals surface area contributed by atoms with Crippen molar-refractivity contribution in [2.75, 3.05) is 0 Å². The van der Waals surface area contributed by atoms with Gasteiger partial charge in [-0.25, -0.2) is 4.68 Å². The van der Waals surface area contributed by atoms with Gasteiger partial charge in [-0.1, -0.05) is 36.4 Å². The van der Waals surface area contributed by atoms with Crippen LogP contribution in [0, 0.1) is 25.2 Å². The zero-order valence-corrected chi connectivity index (χ0v) is 13.9. The third-order valence-electron chi connectivity index (χ3n) is 4.09. The Morgan fingerprint density at radius 3 is 2.50 bits per heavy atom. The summed E-state index contributed by atoms with van der Waals surface area (Å²) in [5, 5.41) is 15.9. The highest BCUT2D eigenvalue weighted by Crippen LogP contribution is 2.16. The van der Waals surface area contributed by atoms with E-state index in [4.69, 9.17) is 0 Å². The van der Waals surface area contributed by atoms with Crippen LogP contribution in [-0.2, 0) is 0 Å². The minimum absolute atomic E-state index is 0.135. The molecule has 0 spiro atoms. The highest BCUT2D eigenvalue weighted by molar-refractivity contribution is 6.01. The first-order valence-electron chi connectivity index (χ1n) is 7.69. The van der Waals surface area contributed by atoms with Gasteiger partial charge in [0.2, 0.25) is 0 Å². The van der Waals surface area contributed by atoms with Crippen molar-refractivity contribution in [2.24, 2.45) is 5.10 Å². The van der Waals surface area contributed by atoms with Crippen LogP contribution in [0.3, 0.4) is 0 Å². The number of hydrogen-bond donors (Lipinski definition) is 0. The van der Waals surface area contributed by atoms with Crippen LogP contribution < -0.4 is 5.56 Å². The number of rotatable bonds is 2. The maximum absolute atomic E-state index is 12.5. The third-order valence-corrected chi connectivity index (χ3v) is 4.09. The summed E-state index contributed by atoms with van der Waals surface area (Å²) in [5.41, 5.74) is 2.80. The predicted octanol–water partition coefficient (Wildman–Crippen LogP) is 3.76. The Bertz CT molecular complexity index is 1070. The van der Waals surface area contributed by atoms with Crippen LogP contribution in [0.4, 0.5) is 0 Å². The highest BCUT2D eigenvalue weighted by atomic mass is 16.1. The van der Waals surface area contributed by atoms with Crippen molar-refractivity contribution in [2.45, 2.75) is 20.8 Å². The molecule has 1 aromatic heterocycles. The molecule has 0 N–H and O–H groups in total. The Hall–Kier alpha value is -3.19. The molecule has 0 fully saturated rings. The lowest BCUT2D eigenvalue weighted by atomic mass is 10.0. The van der Waals surface area contributed by atoms with Crippen molar-refractivity contribution in [3.63, 3.8) is 0 Å². The molecule has 0 saturated carbocycles. The van der Waals surface area contributed by atoms with E-state index in [1.54, 1.807) is 13.0 Å². The fourth-order valence-electron chi connectivity index (χ4n) is 2.76. The summed E-state index contributed by atoms with van der Waals surface area (Å²) in [6, 6.07) is 17.9. The first kappa shape index (κ1) is 15.7. The Morgan fingerprint density at radius 2 is 1.79 bits per heavy atom. The van der Waals surface area contributed by atoms with Gasteiger partial charge >= 0.3 is 0 Å². The lowest BCUT2D eigenvalue weighted by Crippen LogP contribution is -2.23. The van der Waals surface area contributed by atoms with Crippen LogP contribution in [-0.4, -0.2) is 10.4 Å². The molecule has 1 heterocycles. The monoisotopic (exact) mass is 315 g/mol. The molecule has 0 unspecified atom stereocenters. The molecule has 0 radical (unpaired) electrons. The van der Waals surface area contributed by atoms with Gasteiger partial charge in [0.05, 0.1) is 5.71 Å². The smallest absolute Gasteiger partial charge is 0.266 e. The minimum Gasteiger partial charge on any atom is -0.266 e. The number of nitriles is 1. The second kappa shape index (κ2) is 6.13. The van der Waals surface area contributed by atoms with E-state index < -0.39 is 0 Å². The van der Waals surface area contributed by atoms with Crippen LogP contribution >= 0.6 is 0 Å². The molecule has 4 heteroatoms. The van der Waals surface area contributed by atoms with E-state index in [9.17, 15) is 10.1 Å². The van der Waals surface area contributed by atoms with E-state index in [1.807, 2.05) is 56.3 Å². The average molecular weight is 315 g/mol. The van der Waals surface area contributed by atoms with Crippen LogP contribution in [0.15, 0.2) is 58.4 Å². The normalized spacial score (nSPS) is 11.5. The summed E-state index contributed by atoms with van der Waals surface area (Å²) >= 11 is 0. The Labute approximate surface area is 140 Å². The van der Waals surface area contributed by atoms with Crippen LogP contribution in [0.5, 0.6) is 0 Å². The number of benzene rings is 2. The van der Waals surface area contributed by atoms with E-state index >= 15 is 0 Å². The molecule has 0 saturated heterocycles. The van der Waals surface area contributed by atoms with Gasteiger partial charge in [-0.05, 0) is 54.8 Å². The van der Waals surface area contributed by atoms with Crippen molar-refractivity contribution in [1.29, 1.82) is 5.26 Å². The van der Waals surface area contributed by atoms with Gasteiger partial charge in [0, 0.05) is 5.69 Å². The maximum Gasteiger partial charge on any atom is 0.289 e. The zero-order valence-electron chi connectivity index (χ0n) is 13.9. The number of hydrogen-bond acceptors (Lipinski definition) is 3. The van der Waals surface area contributed by atoms with Gasteiger partial charge in [-0.15, -0.1) is 0 Å². The first-order valence-corrected chi connectivity index (χ1v) is 7.69. The van der Waals surface area contributed by atoms with E-state index in [1.165, 1.54) is 4.68 Å². The fraction of sp³-hybridized carbons (Fsp3) is 0.150. The lowest BCUT2D eigenvalue weighted by molar-refractivity contribution is 0.781. The Kier molecular flexibility index (Phi) is 4.01. The van der Waals surface area contributed by atoms with Crippen molar-refractivity contribution in [3.8, 4) is 6.07 Å². The molecule has 0 atom stereocenters. The second-order valence-electron chi connectivity index (χ2n) is 5.82. The maximum atomic E-state index is 12.5. The first-order chi connectivity index (χ1) is 11.5. The molecule has 2 aromatic carbocycles. The van der Waals surface area contributed by atoms with Crippen molar-refractivity contribution in [3.05, 3.63) is 81.3 Å². The molecule has 0 aliphatic carbocycles. The molecule has 4 nitrogen and oxygen atoms in total. The molecular formula is C20H17N3O. The molecule has 0 aliphatic heterocycles. The van der Waals surface area contributed by atoms with Gasteiger partial charge in [0.15, 0.2) is 0 Å². The van der Waals surface area contributed by atoms with E-state index in [0.717, 1.165) is 22.0 Å². The minimum atomic E-state index is -0.380. The summed E-state index contributed by atoms with van der Waals surface area (Å²) in [5.74, 6) is 0. The molecule has 3 aromatic rings. The largest absolute Gasteiger partial charge is 0.289 e. The number of aryl methyl sites for hydroxylation is 2. The van der Waals surface area contributed by atoms with E-state index in [0.29, 0.717) is 11.3 Å². The molecule has 118 valence electrons. The van der Waals surface area contributed by atoms with Crippen LogP contribution in [0.2, 0.25) is 0 Å². The number of nitrogens with zero attached hydrogens (tertiary/aromatic N) is 3. The van der Waals surface area contributed by atoms with Crippen molar-refractivity contribution in [1.82, 2.24) is 4.68 Å². The van der Waals surface area contributed by atoms with Gasteiger partial charge in [0.1, 0.15) is 11.6 Å². The molecule has 3 rings (SSSR count). The Morgan fingerprint density at radius 1 is 1.08 bits per heavy atom. The molecule has 0 amide bonds. The second-order valence-corrected chi connectivity index (χ2v) is 5.82. The molecule has 0 bridgehead atoms. The number of fused-ring (bicyclic) bond motifs is 1. The topological polar surface area (TPSA) is 58.1 Å². The number of pyridine rings is 1. The fourth-order valence-corrected chi connectivity index (χ4v) is 2.76. The average Bonchev–Trinajstić information content (AvgIpc) is 2.58. The SMILES string of the molecule is C/C(=N\n1c(C)cc(C)c(C#N)c1=O)c1ccc2ccccc2c1. The van der Waals surface area contributed by atoms with Crippen molar-refractivity contribution >= 4 is 16.5 Å². The summed E-state index contributed by atoms with van der Waals surface area (Å²) in [6.07, 6.45) is 0. The lowest BCUT2D eigenvalue weighted by Gasteiger charge is -2.09. The Balaban J connectivity index is 2.14. The summed E-state index contributed by atoms with van der Waals surface area (Å²) in [6.45, 7) is 5.44. The summed E-state index contributed by atoms with van der Waals surface area (Å²) < 4.78 is 1.30. The summed E-state index contributed by atoms with van der Waals surface area (Å²) in [4.78, 5) is 12.5. The molecular weight excluding hydrogens is 298 g/mol.